The lowest BCUT2D eigenvalue weighted by atomic mass is 10.1. The number of anilines is 1. The number of benzene rings is 1. The first kappa shape index (κ1) is 18.0. The molecular weight excluding hydrogens is 348 g/mol. The molecule has 2 heterocycles. The van der Waals surface area contributed by atoms with Crippen LogP contribution in [0, 0.1) is 6.92 Å². The molecule has 0 aliphatic rings. The van der Waals surface area contributed by atoms with E-state index in [0.717, 1.165) is 17.7 Å². The minimum Gasteiger partial charge on any atom is -0.296 e. The Morgan fingerprint density at radius 2 is 1.96 bits per heavy atom. The summed E-state index contributed by atoms with van der Waals surface area (Å²) in [6.07, 6.45) is 3.31. The second-order valence-corrected chi connectivity index (χ2v) is 7.14. The normalized spacial score (nSPS) is 10.7. The van der Waals surface area contributed by atoms with Crippen LogP contribution in [0.5, 0.6) is 0 Å². The monoisotopic (exact) mass is 368 g/mol. The summed E-state index contributed by atoms with van der Waals surface area (Å²) in [7, 11) is 0. The lowest BCUT2D eigenvalue weighted by Crippen LogP contribution is -2.26. The summed E-state index contributed by atoms with van der Waals surface area (Å²) in [5.41, 5.74) is 2.42. The first-order valence-corrected chi connectivity index (χ1v) is 9.26. The van der Waals surface area contributed by atoms with Gasteiger partial charge >= 0.3 is 0 Å². The molecule has 1 aromatic carbocycles. The third kappa shape index (κ3) is 4.43. The number of amides is 1. The van der Waals surface area contributed by atoms with Crippen molar-refractivity contribution < 1.29 is 4.79 Å². The summed E-state index contributed by atoms with van der Waals surface area (Å²) in [6.45, 7) is 4.49. The molecule has 0 bridgehead atoms. The van der Waals surface area contributed by atoms with E-state index < -0.39 is 0 Å². The van der Waals surface area contributed by atoms with Crippen molar-refractivity contribution in [3.05, 3.63) is 74.6 Å². The molecular formula is C19H20N4O2S. The summed E-state index contributed by atoms with van der Waals surface area (Å²) in [5, 5.41) is 7.38. The first-order valence-electron chi connectivity index (χ1n) is 8.45. The van der Waals surface area contributed by atoms with Crippen LogP contribution in [-0.4, -0.2) is 20.7 Å². The van der Waals surface area contributed by atoms with Crippen LogP contribution in [0.1, 0.15) is 39.8 Å². The van der Waals surface area contributed by atoms with Crippen LogP contribution >= 0.6 is 11.3 Å². The number of aromatic nitrogens is 3. The van der Waals surface area contributed by atoms with Gasteiger partial charge in [-0.25, -0.2) is 9.67 Å². The van der Waals surface area contributed by atoms with Gasteiger partial charge in [-0.3, -0.25) is 14.9 Å². The highest BCUT2D eigenvalue weighted by atomic mass is 32.1. The van der Waals surface area contributed by atoms with Crippen molar-refractivity contribution in [1.82, 2.24) is 14.8 Å². The molecule has 0 saturated carbocycles. The molecule has 0 radical (unpaired) electrons. The molecule has 0 spiro atoms. The molecule has 0 saturated heterocycles. The number of carbonyl (C=O) groups is 1. The number of hydrogen-bond acceptors (Lipinski definition) is 5. The van der Waals surface area contributed by atoms with Crippen LogP contribution < -0.4 is 10.9 Å². The average molecular weight is 368 g/mol. The van der Waals surface area contributed by atoms with Crippen LogP contribution in [0.25, 0.3) is 0 Å². The summed E-state index contributed by atoms with van der Waals surface area (Å²) in [5.74, 6) is -0.369. The van der Waals surface area contributed by atoms with Crippen molar-refractivity contribution in [2.75, 3.05) is 5.32 Å². The van der Waals surface area contributed by atoms with E-state index >= 15 is 0 Å². The zero-order chi connectivity index (χ0) is 18.5. The van der Waals surface area contributed by atoms with Crippen molar-refractivity contribution in [2.45, 2.75) is 33.2 Å². The maximum Gasteiger partial charge on any atom is 0.277 e. The Kier molecular flexibility index (Phi) is 5.58. The first-order chi connectivity index (χ1) is 12.5. The van der Waals surface area contributed by atoms with E-state index in [4.69, 9.17) is 0 Å². The number of thiazole rings is 1. The Balaban J connectivity index is 1.68. The maximum atomic E-state index is 12.4. The largest absolute Gasteiger partial charge is 0.296 e. The van der Waals surface area contributed by atoms with Crippen molar-refractivity contribution in [3.63, 3.8) is 0 Å². The zero-order valence-electron chi connectivity index (χ0n) is 14.7. The van der Waals surface area contributed by atoms with Gasteiger partial charge in [-0.2, -0.15) is 5.10 Å². The topological polar surface area (TPSA) is 76.9 Å². The van der Waals surface area contributed by atoms with E-state index in [-0.39, 0.29) is 17.2 Å². The van der Waals surface area contributed by atoms with Gasteiger partial charge in [-0.1, -0.05) is 36.8 Å². The van der Waals surface area contributed by atoms with Crippen LogP contribution in [0.3, 0.4) is 0 Å². The predicted octanol–water partition coefficient (Wildman–Crippen LogP) is 3.26. The summed E-state index contributed by atoms with van der Waals surface area (Å²) >= 11 is 1.43. The highest BCUT2D eigenvalue weighted by Crippen LogP contribution is 2.21. The van der Waals surface area contributed by atoms with Gasteiger partial charge in [0.15, 0.2) is 5.13 Å². The Bertz CT molecular complexity index is 960. The molecule has 1 N–H and O–H groups in total. The highest BCUT2D eigenvalue weighted by molar-refractivity contribution is 7.15. The highest BCUT2D eigenvalue weighted by Gasteiger charge is 2.12. The lowest BCUT2D eigenvalue weighted by Gasteiger charge is -2.05. The molecule has 134 valence electrons. The zero-order valence-corrected chi connectivity index (χ0v) is 15.5. The molecule has 7 heteroatoms. The number of nitrogens with zero attached hydrogens (tertiary/aromatic N) is 3. The fourth-order valence-corrected chi connectivity index (χ4v) is 3.30. The fourth-order valence-electron chi connectivity index (χ4n) is 2.46. The van der Waals surface area contributed by atoms with E-state index in [0.29, 0.717) is 11.7 Å². The second kappa shape index (κ2) is 8.05. The van der Waals surface area contributed by atoms with Crippen molar-refractivity contribution >= 4 is 22.4 Å². The van der Waals surface area contributed by atoms with Crippen molar-refractivity contribution in [3.8, 4) is 0 Å². The number of rotatable bonds is 6. The van der Waals surface area contributed by atoms with E-state index in [1.54, 1.807) is 6.20 Å². The van der Waals surface area contributed by atoms with Crippen LogP contribution in [-0.2, 0) is 13.0 Å². The molecule has 0 unspecified atom stereocenters. The number of hydrogen-bond donors (Lipinski definition) is 1. The molecule has 1 amide bonds. The third-order valence-corrected chi connectivity index (χ3v) is 4.72. The van der Waals surface area contributed by atoms with Crippen molar-refractivity contribution in [2.24, 2.45) is 0 Å². The van der Waals surface area contributed by atoms with Crippen molar-refractivity contribution in [1.29, 1.82) is 0 Å². The van der Waals surface area contributed by atoms with Gasteiger partial charge < -0.3 is 0 Å². The Morgan fingerprint density at radius 3 is 2.69 bits per heavy atom. The van der Waals surface area contributed by atoms with E-state index in [2.05, 4.69) is 46.6 Å². The molecule has 6 nitrogen and oxygen atoms in total. The number of nitrogens with one attached hydrogen (secondary N) is 1. The molecule has 26 heavy (non-hydrogen) atoms. The molecule has 3 aromatic rings. The molecule has 0 aliphatic heterocycles. The minimum atomic E-state index is -0.369. The lowest BCUT2D eigenvalue weighted by molar-refractivity contribution is 0.101. The molecule has 0 atom stereocenters. The van der Waals surface area contributed by atoms with Gasteiger partial charge in [0.25, 0.3) is 11.5 Å². The van der Waals surface area contributed by atoms with Gasteiger partial charge in [0, 0.05) is 30.1 Å². The average Bonchev–Trinajstić information content (AvgIpc) is 3.06. The fraction of sp³-hybridized carbons (Fsp3) is 0.263. The van der Waals surface area contributed by atoms with E-state index in [9.17, 15) is 9.59 Å². The Morgan fingerprint density at radius 1 is 1.19 bits per heavy atom. The van der Waals surface area contributed by atoms with Gasteiger partial charge in [-0.05, 0) is 25.0 Å². The van der Waals surface area contributed by atoms with Crippen LogP contribution in [0.2, 0.25) is 0 Å². The Hall–Kier alpha value is -2.80. The smallest absolute Gasteiger partial charge is 0.277 e. The molecule has 2 aromatic heterocycles. The van der Waals surface area contributed by atoms with E-state index in [1.165, 1.54) is 39.3 Å². The summed E-state index contributed by atoms with van der Waals surface area (Å²) < 4.78 is 1.31. The van der Waals surface area contributed by atoms with Gasteiger partial charge in [0.1, 0.15) is 5.69 Å². The summed E-state index contributed by atoms with van der Waals surface area (Å²) in [4.78, 5) is 29.4. The maximum absolute atomic E-state index is 12.4. The van der Waals surface area contributed by atoms with E-state index in [1.807, 2.05) is 6.92 Å². The quantitative estimate of drug-likeness (QED) is 0.724. The standard InChI is InChI=1S/C19H20N4O2S/c1-3-10-23-17(24)9-8-16(22-23)18(25)21-19-20-12-15(26-19)11-14-6-4-13(2)5-7-14/h4-9,12H,3,10-11H2,1-2H3,(H,20,21,25). The Labute approximate surface area is 155 Å². The molecule has 3 rings (SSSR count). The van der Waals surface area contributed by atoms with Gasteiger partial charge in [-0.15, -0.1) is 11.3 Å². The van der Waals surface area contributed by atoms with Crippen LogP contribution in [0.15, 0.2) is 47.4 Å². The molecule has 0 fully saturated rings. The SMILES string of the molecule is CCCn1nc(C(=O)Nc2ncc(Cc3ccc(C)cc3)s2)ccc1=O. The molecule has 0 aliphatic carbocycles. The second-order valence-electron chi connectivity index (χ2n) is 6.03. The third-order valence-electron chi connectivity index (χ3n) is 3.81. The minimum absolute atomic E-state index is 0.202. The van der Waals surface area contributed by atoms with Gasteiger partial charge in [0.05, 0.1) is 0 Å². The van der Waals surface area contributed by atoms with Gasteiger partial charge in [0.2, 0.25) is 0 Å². The van der Waals surface area contributed by atoms with Crippen LogP contribution in [0.4, 0.5) is 5.13 Å². The predicted molar refractivity (Wildman–Crippen MR) is 103 cm³/mol. The number of carbonyl (C=O) groups excluding carboxylic acids is 1. The summed E-state index contributed by atoms with van der Waals surface area (Å²) in [6, 6.07) is 11.1. The number of aryl methyl sites for hydroxylation is 2.